The fourth-order valence-electron chi connectivity index (χ4n) is 4.17. The molecule has 3 aromatic rings. The molecule has 0 aromatic heterocycles. The SMILES string of the molecule is CCC(C)NC(=O)C(CC)N(Cc1ccc(F)cc1)C(=O)CN(c1cccc2ccccc12)S(C)(=O)=O. The van der Waals surface area contributed by atoms with Gasteiger partial charge in [-0.05, 0) is 48.9 Å². The normalized spacial score (nSPS) is 13.1. The molecule has 37 heavy (non-hydrogen) atoms. The molecule has 2 atom stereocenters. The van der Waals surface area contributed by atoms with E-state index in [1.807, 2.05) is 32.0 Å². The van der Waals surface area contributed by atoms with Crippen molar-refractivity contribution in [1.82, 2.24) is 10.2 Å². The predicted octanol–water partition coefficient (Wildman–Crippen LogP) is 4.47. The van der Waals surface area contributed by atoms with E-state index in [0.717, 1.165) is 22.4 Å². The van der Waals surface area contributed by atoms with Crippen LogP contribution in [-0.4, -0.2) is 50.0 Å². The Morgan fingerprint density at radius 3 is 2.22 bits per heavy atom. The Kier molecular flexibility index (Phi) is 9.26. The number of hydrogen-bond acceptors (Lipinski definition) is 4. The van der Waals surface area contributed by atoms with E-state index in [1.54, 1.807) is 43.3 Å². The molecule has 0 saturated carbocycles. The Bertz CT molecular complexity index is 1340. The van der Waals surface area contributed by atoms with E-state index < -0.39 is 34.3 Å². The van der Waals surface area contributed by atoms with Crippen molar-refractivity contribution in [3.63, 3.8) is 0 Å². The Morgan fingerprint density at radius 1 is 0.946 bits per heavy atom. The van der Waals surface area contributed by atoms with E-state index in [-0.39, 0.29) is 18.5 Å². The molecule has 0 radical (unpaired) electrons. The summed E-state index contributed by atoms with van der Waals surface area (Å²) in [7, 11) is -3.86. The van der Waals surface area contributed by atoms with E-state index in [4.69, 9.17) is 0 Å². The van der Waals surface area contributed by atoms with Crippen LogP contribution in [0.25, 0.3) is 10.8 Å². The summed E-state index contributed by atoms with van der Waals surface area (Å²) < 4.78 is 40.4. The van der Waals surface area contributed by atoms with Crippen molar-refractivity contribution in [1.29, 1.82) is 0 Å². The molecule has 0 spiro atoms. The molecule has 198 valence electrons. The number of benzene rings is 3. The number of nitrogens with one attached hydrogen (secondary N) is 1. The van der Waals surface area contributed by atoms with E-state index in [1.165, 1.54) is 17.0 Å². The molecule has 0 heterocycles. The molecule has 9 heteroatoms. The highest BCUT2D eigenvalue weighted by molar-refractivity contribution is 7.92. The molecule has 0 aliphatic heterocycles. The Hall–Kier alpha value is -3.46. The average molecular weight is 528 g/mol. The second kappa shape index (κ2) is 12.2. The maximum absolute atomic E-state index is 13.8. The molecular formula is C28H34FN3O4S. The molecule has 2 unspecified atom stereocenters. The van der Waals surface area contributed by atoms with Crippen LogP contribution in [0.15, 0.2) is 66.7 Å². The summed E-state index contributed by atoms with van der Waals surface area (Å²) in [6.45, 7) is 5.16. The van der Waals surface area contributed by atoms with Crippen molar-refractivity contribution in [2.75, 3.05) is 17.1 Å². The second-order valence-electron chi connectivity index (χ2n) is 9.16. The number of fused-ring (bicyclic) bond motifs is 1. The zero-order chi connectivity index (χ0) is 27.2. The summed E-state index contributed by atoms with van der Waals surface area (Å²) in [5.41, 5.74) is 1.01. The van der Waals surface area contributed by atoms with Crippen molar-refractivity contribution < 1.29 is 22.4 Å². The molecule has 3 rings (SSSR count). The van der Waals surface area contributed by atoms with Gasteiger partial charge in [-0.15, -0.1) is 0 Å². The standard InChI is InChI=1S/C28H34FN3O4S/c1-5-20(3)30-28(34)25(6-2)31(18-21-14-16-23(29)17-15-21)27(33)19-32(37(4,35)36)26-13-9-11-22-10-7-8-12-24(22)26/h7-17,20,25H,5-6,18-19H2,1-4H3,(H,30,34). The number of halogens is 1. The summed E-state index contributed by atoms with van der Waals surface area (Å²) in [4.78, 5) is 28.4. The molecule has 0 bridgehead atoms. The van der Waals surface area contributed by atoms with Gasteiger partial charge in [-0.25, -0.2) is 12.8 Å². The van der Waals surface area contributed by atoms with Crippen LogP contribution in [0.2, 0.25) is 0 Å². The van der Waals surface area contributed by atoms with E-state index in [0.29, 0.717) is 23.1 Å². The lowest BCUT2D eigenvalue weighted by atomic mass is 10.1. The molecule has 1 N–H and O–H groups in total. The first-order chi connectivity index (χ1) is 17.5. The lowest BCUT2D eigenvalue weighted by Gasteiger charge is -2.33. The van der Waals surface area contributed by atoms with Gasteiger partial charge in [0.1, 0.15) is 18.4 Å². The van der Waals surface area contributed by atoms with Crippen LogP contribution in [0.5, 0.6) is 0 Å². The van der Waals surface area contributed by atoms with Crippen molar-refractivity contribution in [2.45, 2.75) is 52.2 Å². The van der Waals surface area contributed by atoms with Crippen LogP contribution in [0.4, 0.5) is 10.1 Å². The summed E-state index contributed by atoms with van der Waals surface area (Å²) in [5.74, 6) is -1.26. The molecule has 3 aromatic carbocycles. The molecule has 0 aliphatic rings. The number of amides is 2. The van der Waals surface area contributed by atoms with Gasteiger partial charge < -0.3 is 10.2 Å². The van der Waals surface area contributed by atoms with Gasteiger partial charge in [0.2, 0.25) is 21.8 Å². The summed E-state index contributed by atoms with van der Waals surface area (Å²) in [6.07, 6.45) is 2.10. The third-order valence-electron chi connectivity index (χ3n) is 6.37. The second-order valence-corrected chi connectivity index (χ2v) is 11.1. The minimum absolute atomic E-state index is 0.0265. The average Bonchev–Trinajstić information content (AvgIpc) is 2.87. The van der Waals surface area contributed by atoms with Gasteiger partial charge in [-0.2, -0.15) is 0 Å². The van der Waals surface area contributed by atoms with E-state index in [9.17, 15) is 22.4 Å². The smallest absolute Gasteiger partial charge is 0.244 e. The Morgan fingerprint density at radius 2 is 1.59 bits per heavy atom. The fraction of sp³-hybridized carbons (Fsp3) is 0.357. The number of carbonyl (C=O) groups is 2. The van der Waals surface area contributed by atoms with E-state index in [2.05, 4.69) is 5.32 Å². The number of nitrogens with zero attached hydrogens (tertiary/aromatic N) is 2. The van der Waals surface area contributed by atoms with Gasteiger partial charge in [0, 0.05) is 18.0 Å². The fourth-order valence-corrected chi connectivity index (χ4v) is 5.03. The van der Waals surface area contributed by atoms with Gasteiger partial charge in [-0.3, -0.25) is 13.9 Å². The van der Waals surface area contributed by atoms with E-state index >= 15 is 0 Å². The van der Waals surface area contributed by atoms with Crippen LogP contribution in [-0.2, 0) is 26.2 Å². The Labute approximate surface area is 218 Å². The highest BCUT2D eigenvalue weighted by Gasteiger charge is 2.32. The number of hydrogen-bond donors (Lipinski definition) is 1. The molecular weight excluding hydrogens is 493 g/mol. The molecule has 2 amide bonds. The third kappa shape index (κ3) is 7.07. The maximum Gasteiger partial charge on any atom is 0.244 e. The van der Waals surface area contributed by atoms with Gasteiger partial charge in [0.05, 0.1) is 11.9 Å². The minimum Gasteiger partial charge on any atom is -0.352 e. The first-order valence-electron chi connectivity index (χ1n) is 12.3. The minimum atomic E-state index is -3.86. The van der Waals surface area contributed by atoms with Crippen LogP contribution < -0.4 is 9.62 Å². The number of carbonyl (C=O) groups excluding carboxylic acids is 2. The molecule has 0 aliphatic carbocycles. The Balaban J connectivity index is 2.01. The first kappa shape index (κ1) is 28.1. The van der Waals surface area contributed by atoms with Gasteiger partial charge >= 0.3 is 0 Å². The third-order valence-corrected chi connectivity index (χ3v) is 7.49. The van der Waals surface area contributed by atoms with Crippen LogP contribution in [0.3, 0.4) is 0 Å². The highest BCUT2D eigenvalue weighted by atomic mass is 32.2. The summed E-state index contributed by atoms with van der Waals surface area (Å²) in [6, 6.07) is 17.4. The largest absolute Gasteiger partial charge is 0.352 e. The van der Waals surface area contributed by atoms with Crippen molar-refractivity contribution >= 4 is 38.3 Å². The lowest BCUT2D eigenvalue weighted by molar-refractivity contribution is -0.140. The van der Waals surface area contributed by atoms with Crippen molar-refractivity contribution in [2.24, 2.45) is 0 Å². The number of sulfonamides is 1. The molecule has 7 nitrogen and oxygen atoms in total. The predicted molar refractivity (Wildman–Crippen MR) is 145 cm³/mol. The summed E-state index contributed by atoms with van der Waals surface area (Å²) >= 11 is 0. The number of rotatable bonds is 11. The topological polar surface area (TPSA) is 86.8 Å². The zero-order valence-electron chi connectivity index (χ0n) is 21.6. The van der Waals surface area contributed by atoms with Crippen molar-refractivity contribution in [3.8, 4) is 0 Å². The van der Waals surface area contributed by atoms with Crippen molar-refractivity contribution in [3.05, 3.63) is 78.1 Å². The maximum atomic E-state index is 13.8. The van der Waals surface area contributed by atoms with Gasteiger partial charge in [-0.1, -0.05) is 62.4 Å². The molecule has 0 saturated heterocycles. The lowest BCUT2D eigenvalue weighted by Crippen LogP contribution is -2.53. The van der Waals surface area contributed by atoms with Crippen LogP contribution in [0, 0.1) is 5.82 Å². The van der Waals surface area contributed by atoms with Gasteiger partial charge in [0.15, 0.2) is 0 Å². The van der Waals surface area contributed by atoms with Crippen LogP contribution in [0.1, 0.15) is 39.2 Å². The first-order valence-corrected chi connectivity index (χ1v) is 14.2. The number of anilines is 1. The summed E-state index contributed by atoms with van der Waals surface area (Å²) in [5, 5.41) is 4.45. The zero-order valence-corrected chi connectivity index (χ0v) is 22.5. The van der Waals surface area contributed by atoms with Gasteiger partial charge in [0.25, 0.3) is 0 Å². The highest BCUT2D eigenvalue weighted by Crippen LogP contribution is 2.29. The molecule has 0 fully saturated rings. The quantitative estimate of drug-likeness (QED) is 0.399. The monoisotopic (exact) mass is 527 g/mol. The van der Waals surface area contributed by atoms with Crippen LogP contribution >= 0.6 is 0 Å².